The monoisotopic (exact) mass is 316 g/mol. The molecule has 0 aliphatic rings. The third-order valence-electron chi connectivity index (χ3n) is 2.09. The number of benzene rings is 1. The number of primary amides is 1. The van der Waals surface area contributed by atoms with Crippen molar-refractivity contribution in [2.45, 2.75) is 24.3 Å². The van der Waals surface area contributed by atoms with Crippen molar-refractivity contribution in [2.75, 3.05) is 0 Å². The number of nitrogens with two attached hydrogens (primary N) is 1. The molecule has 1 aromatic rings. The lowest BCUT2D eigenvalue weighted by molar-refractivity contribution is -0.118. The number of halogens is 1. The number of hydrogen-bond acceptors (Lipinski definition) is 3. The highest BCUT2D eigenvalue weighted by atomic mass is 79.9. The number of rotatable bonds is 4. The van der Waals surface area contributed by atoms with Gasteiger partial charge in [-0.1, -0.05) is 15.9 Å². The zero-order valence-electron chi connectivity index (χ0n) is 9.24. The standard InChI is InChI=1S/C11H13BrN2O2S/c1-6(4-10(13)15)14-11(16)8-3-2-7(12)5-9(8)17/h2-3,5-6,17H,4H2,1H3,(H2,13,15)(H,14,16). The quantitative estimate of drug-likeness (QED) is 0.740. The number of amides is 2. The highest BCUT2D eigenvalue weighted by Gasteiger charge is 2.13. The van der Waals surface area contributed by atoms with E-state index in [2.05, 4.69) is 33.9 Å². The van der Waals surface area contributed by atoms with E-state index in [1.807, 2.05) is 0 Å². The average Bonchev–Trinajstić information content (AvgIpc) is 2.15. The SMILES string of the molecule is CC(CC(N)=O)NC(=O)c1ccc(Br)cc1S. The minimum absolute atomic E-state index is 0.115. The molecule has 1 rings (SSSR count). The summed E-state index contributed by atoms with van der Waals surface area (Å²) in [5.41, 5.74) is 5.51. The molecule has 1 atom stereocenters. The van der Waals surface area contributed by atoms with Crippen molar-refractivity contribution in [3.05, 3.63) is 28.2 Å². The van der Waals surface area contributed by atoms with Gasteiger partial charge in [-0.25, -0.2) is 0 Å². The van der Waals surface area contributed by atoms with Crippen LogP contribution >= 0.6 is 28.6 Å². The zero-order chi connectivity index (χ0) is 13.0. The Kier molecular flexibility index (Phi) is 5.02. The third-order valence-corrected chi connectivity index (χ3v) is 2.95. The Morgan fingerprint density at radius 1 is 1.53 bits per heavy atom. The fourth-order valence-electron chi connectivity index (χ4n) is 1.35. The molecule has 3 N–H and O–H groups in total. The van der Waals surface area contributed by atoms with Crippen molar-refractivity contribution < 1.29 is 9.59 Å². The van der Waals surface area contributed by atoms with Crippen molar-refractivity contribution in [3.8, 4) is 0 Å². The van der Waals surface area contributed by atoms with E-state index in [9.17, 15) is 9.59 Å². The fourth-order valence-corrected chi connectivity index (χ4v) is 2.20. The second-order valence-corrected chi connectivity index (χ2v) is 5.10. The van der Waals surface area contributed by atoms with Crippen LogP contribution in [0.4, 0.5) is 0 Å². The van der Waals surface area contributed by atoms with Crippen LogP contribution in [-0.4, -0.2) is 17.9 Å². The van der Waals surface area contributed by atoms with Crippen molar-refractivity contribution in [1.29, 1.82) is 0 Å². The lowest BCUT2D eigenvalue weighted by Crippen LogP contribution is -2.35. The molecule has 92 valence electrons. The molecule has 0 aromatic heterocycles. The molecule has 0 heterocycles. The van der Waals surface area contributed by atoms with E-state index in [0.29, 0.717) is 10.5 Å². The Hall–Kier alpha value is -1.01. The first-order chi connectivity index (χ1) is 7.90. The maximum atomic E-state index is 11.8. The van der Waals surface area contributed by atoms with Gasteiger partial charge >= 0.3 is 0 Å². The first kappa shape index (κ1) is 14.1. The van der Waals surface area contributed by atoms with Crippen LogP contribution in [0.2, 0.25) is 0 Å². The highest BCUT2D eigenvalue weighted by molar-refractivity contribution is 9.10. The highest BCUT2D eigenvalue weighted by Crippen LogP contribution is 2.19. The van der Waals surface area contributed by atoms with E-state index in [1.54, 1.807) is 25.1 Å². The van der Waals surface area contributed by atoms with E-state index in [0.717, 1.165) is 4.47 Å². The largest absolute Gasteiger partial charge is 0.370 e. The Balaban J connectivity index is 2.73. The van der Waals surface area contributed by atoms with Gasteiger partial charge in [-0.2, -0.15) is 0 Å². The van der Waals surface area contributed by atoms with Crippen LogP contribution in [0.25, 0.3) is 0 Å². The minimum atomic E-state index is -0.445. The van der Waals surface area contributed by atoms with Crippen LogP contribution in [0.5, 0.6) is 0 Å². The van der Waals surface area contributed by atoms with Gasteiger partial charge in [0.15, 0.2) is 0 Å². The molecule has 6 heteroatoms. The summed E-state index contributed by atoms with van der Waals surface area (Å²) in [6.45, 7) is 1.72. The molecule has 0 saturated carbocycles. The van der Waals surface area contributed by atoms with E-state index >= 15 is 0 Å². The second-order valence-electron chi connectivity index (χ2n) is 3.71. The number of thiol groups is 1. The van der Waals surface area contributed by atoms with Crippen LogP contribution in [0.3, 0.4) is 0 Å². The van der Waals surface area contributed by atoms with Gasteiger partial charge in [0.1, 0.15) is 0 Å². The van der Waals surface area contributed by atoms with Crippen LogP contribution in [-0.2, 0) is 4.79 Å². The lowest BCUT2D eigenvalue weighted by atomic mass is 10.1. The summed E-state index contributed by atoms with van der Waals surface area (Å²) in [5.74, 6) is -0.712. The van der Waals surface area contributed by atoms with Gasteiger partial charge in [0, 0.05) is 21.8 Å². The normalized spacial score (nSPS) is 11.9. The summed E-state index contributed by atoms with van der Waals surface area (Å²) in [6.07, 6.45) is 0.115. The molecule has 17 heavy (non-hydrogen) atoms. The van der Waals surface area contributed by atoms with Crippen molar-refractivity contribution in [1.82, 2.24) is 5.32 Å². The summed E-state index contributed by atoms with van der Waals surface area (Å²) in [5, 5.41) is 2.68. The number of nitrogens with one attached hydrogen (secondary N) is 1. The Bertz CT molecular complexity index is 451. The molecule has 2 amide bonds. The first-order valence-corrected chi connectivity index (χ1v) is 6.22. The van der Waals surface area contributed by atoms with Crippen LogP contribution in [0.15, 0.2) is 27.6 Å². The van der Waals surface area contributed by atoms with Gasteiger partial charge < -0.3 is 11.1 Å². The van der Waals surface area contributed by atoms with Crippen molar-refractivity contribution in [3.63, 3.8) is 0 Å². The first-order valence-electron chi connectivity index (χ1n) is 4.98. The van der Waals surface area contributed by atoms with Gasteiger partial charge in [-0.05, 0) is 25.1 Å². The van der Waals surface area contributed by atoms with E-state index < -0.39 is 5.91 Å². The smallest absolute Gasteiger partial charge is 0.252 e. The predicted octanol–water partition coefficient (Wildman–Crippen LogP) is 1.73. The summed E-state index contributed by atoms with van der Waals surface area (Å²) in [6, 6.07) is 4.86. The number of carbonyl (C=O) groups excluding carboxylic acids is 2. The molecule has 1 unspecified atom stereocenters. The molecular formula is C11H13BrN2O2S. The Morgan fingerprint density at radius 2 is 2.18 bits per heavy atom. The van der Waals surface area contributed by atoms with Gasteiger partial charge in [-0.15, -0.1) is 12.6 Å². The Morgan fingerprint density at radius 3 is 2.71 bits per heavy atom. The zero-order valence-corrected chi connectivity index (χ0v) is 11.7. The molecule has 4 nitrogen and oxygen atoms in total. The topological polar surface area (TPSA) is 72.2 Å². The molecular weight excluding hydrogens is 304 g/mol. The van der Waals surface area contributed by atoms with Crippen LogP contribution in [0.1, 0.15) is 23.7 Å². The van der Waals surface area contributed by atoms with Gasteiger partial charge in [-0.3, -0.25) is 9.59 Å². The summed E-state index contributed by atoms with van der Waals surface area (Å²) in [7, 11) is 0. The van der Waals surface area contributed by atoms with Crippen molar-refractivity contribution >= 4 is 40.4 Å². The summed E-state index contributed by atoms with van der Waals surface area (Å²) < 4.78 is 0.851. The van der Waals surface area contributed by atoms with E-state index in [4.69, 9.17) is 5.73 Å². The maximum absolute atomic E-state index is 11.8. The van der Waals surface area contributed by atoms with Gasteiger partial charge in [0.2, 0.25) is 5.91 Å². The van der Waals surface area contributed by atoms with Crippen molar-refractivity contribution in [2.24, 2.45) is 5.73 Å². The predicted molar refractivity (Wildman–Crippen MR) is 72.1 cm³/mol. The Labute approximate surface area is 113 Å². The minimum Gasteiger partial charge on any atom is -0.370 e. The maximum Gasteiger partial charge on any atom is 0.252 e. The van der Waals surface area contributed by atoms with Gasteiger partial charge in [0.05, 0.1) is 5.56 Å². The molecule has 0 spiro atoms. The molecule has 0 radical (unpaired) electrons. The number of hydrogen-bond donors (Lipinski definition) is 3. The molecule has 0 saturated heterocycles. The van der Waals surface area contributed by atoms with E-state index in [-0.39, 0.29) is 18.4 Å². The lowest BCUT2D eigenvalue weighted by Gasteiger charge is -2.13. The molecule has 0 aliphatic heterocycles. The van der Waals surface area contributed by atoms with Crippen LogP contribution < -0.4 is 11.1 Å². The van der Waals surface area contributed by atoms with E-state index in [1.165, 1.54) is 0 Å². The molecule has 0 fully saturated rings. The number of carbonyl (C=O) groups is 2. The third kappa shape index (κ3) is 4.40. The average molecular weight is 317 g/mol. The summed E-state index contributed by atoms with van der Waals surface area (Å²) >= 11 is 7.50. The van der Waals surface area contributed by atoms with Crippen LogP contribution in [0, 0.1) is 0 Å². The fraction of sp³-hybridized carbons (Fsp3) is 0.273. The second kappa shape index (κ2) is 6.07. The molecule has 1 aromatic carbocycles. The molecule has 0 aliphatic carbocycles. The molecule has 0 bridgehead atoms. The van der Waals surface area contributed by atoms with Gasteiger partial charge in [0.25, 0.3) is 5.91 Å². The summed E-state index contributed by atoms with van der Waals surface area (Å²) in [4.78, 5) is 23.1.